The SMILES string of the molecule is CCOC(=O)CCC(=O)NC(=S)NNC(=O)c1ccc(NC(=O)C2CCCCC2)cc1. The Morgan fingerprint density at radius 3 is 2.32 bits per heavy atom. The minimum absolute atomic E-state index is 0.0163. The molecule has 0 unspecified atom stereocenters. The molecule has 0 radical (unpaired) electrons. The molecule has 1 aromatic rings. The van der Waals surface area contributed by atoms with Crippen LogP contribution in [-0.4, -0.2) is 35.4 Å². The van der Waals surface area contributed by atoms with Crippen molar-refractivity contribution in [2.24, 2.45) is 5.92 Å². The first-order chi connectivity index (χ1) is 14.9. The fourth-order valence-corrected chi connectivity index (χ4v) is 3.33. The first kappa shape index (κ1) is 24.3. The van der Waals surface area contributed by atoms with Crippen LogP contribution in [0.3, 0.4) is 0 Å². The minimum Gasteiger partial charge on any atom is -0.466 e. The lowest BCUT2D eigenvalue weighted by molar-refractivity contribution is -0.144. The number of benzene rings is 1. The molecule has 1 fully saturated rings. The van der Waals surface area contributed by atoms with Gasteiger partial charge in [-0.1, -0.05) is 19.3 Å². The molecule has 0 aliphatic heterocycles. The zero-order valence-electron chi connectivity index (χ0n) is 17.5. The molecule has 0 bridgehead atoms. The number of hydrogen-bond acceptors (Lipinski definition) is 6. The van der Waals surface area contributed by atoms with Crippen molar-refractivity contribution in [1.29, 1.82) is 0 Å². The van der Waals surface area contributed by atoms with Crippen molar-refractivity contribution in [2.45, 2.75) is 51.9 Å². The Bertz CT molecular complexity index is 806. The van der Waals surface area contributed by atoms with Crippen LogP contribution >= 0.6 is 12.2 Å². The normalized spacial score (nSPS) is 13.6. The topological polar surface area (TPSA) is 126 Å². The Kier molecular flexibility index (Phi) is 9.89. The number of thiocarbonyl (C=S) groups is 1. The fraction of sp³-hybridized carbons (Fsp3) is 0.476. The van der Waals surface area contributed by atoms with Crippen LogP contribution in [-0.2, 0) is 19.1 Å². The molecular formula is C21H28N4O5S. The molecule has 3 amide bonds. The van der Waals surface area contributed by atoms with Gasteiger partial charge in [-0.2, -0.15) is 0 Å². The third-order valence-corrected chi connectivity index (χ3v) is 5.00. The fourth-order valence-electron chi connectivity index (χ4n) is 3.17. The third kappa shape index (κ3) is 8.71. The predicted molar refractivity (Wildman–Crippen MR) is 119 cm³/mol. The molecule has 9 nitrogen and oxygen atoms in total. The van der Waals surface area contributed by atoms with Crippen molar-refractivity contribution in [3.05, 3.63) is 29.8 Å². The largest absolute Gasteiger partial charge is 0.466 e. The van der Waals surface area contributed by atoms with Crippen LogP contribution in [0, 0.1) is 5.92 Å². The maximum absolute atomic E-state index is 12.3. The van der Waals surface area contributed by atoms with Gasteiger partial charge in [-0.15, -0.1) is 0 Å². The smallest absolute Gasteiger partial charge is 0.306 e. The van der Waals surface area contributed by atoms with E-state index in [9.17, 15) is 19.2 Å². The van der Waals surface area contributed by atoms with E-state index in [1.54, 1.807) is 31.2 Å². The lowest BCUT2D eigenvalue weighted by Gasteiger charge is -2.20. The second-order valence-corrected chi connectivity index (χ2v) is 7.57. The van der Waals surface area contributed by atoms with Gasteiger partial charge < -0.3 is 15.4 Å². The van der Waals surface area contributed by atoms with Crippen LogP contribution < -0.4 is 21.5 Å². The number of hydrazine groups is 1. The van der Waals surface area contributed by atoms with E-state index in [0.29, 0.717) is 11.3 Å². The summed E-state index contributed by atoms with van der Waals surface area (Å²) in [7, 11) is 0. The maximum Gasteiger partial charge on any atom is 0.306 e. The number of rotatable bonds is 7. The van der Waals surface area contributed by atoms with Gasteiger partial charge in [0, 0.05) is 23.6 Å². The molecule has 1 aliphatic rings. The van der Waals surface area contributed by atoms with Crippen LogP contribution in [0.4, 0.5) is 5.69 Å². The Morgan fingerprint density at radius 1 is 1.00 bits per heavy atom. The summed E-state index contributed by atoms with van der Waals surface area (Å²) in [6.45, 7) is 1.93. The maximum atomic E-state index is 12.3. The van der Waals surface area contributed by atoms with Crippen LogP contribution in [0.2, 0.25) is 0 Å². The molecule has 0 aromatic heterocycles. The van der Waals surface area contributed by atoms with Gasteiger partial charge in [0.1, 0.15) is 0 Å². The number of hydrogen-bond donors (Lipinski definition) is 4. The average molecular weight is 449 g/mol. The highest BCUT2D eigenvalue weighted by Crippen LogP contribution is 2.25. The molecule has 0 heterocycles. The van der Waals surface area contributed by atoms with E-state index < -0.39 is 17.8 Å². The third-order valence-electron chi connectivity index (χ3n) is 4.79. The molecular weight excluding hydrogens is 420 g/mol. The lowest BCUT2D eigenvalue weighted by atomic mass is 9.88. The Hall–Kier alpha value is -3.01. The zero-order chi connectivity index (χ0) is 22.6. The number of anilines is 1. The molecule has 4 N–H and O–H groups in total. The summed E-state index contributed by atoms with van der Waals surface area (Å²) < 4.78 is 4.74. The highest BCUT2D eigenvalue weighted by atomic mass is 32.1. The predicted octanol–water partition coefficient (Wildman–Crippen LogP) is 2.18. The quantitative estimate of drug-likeness (QED) is 0.286. The highest BCUT2D eigenvalue weighted by molar-refractivity contribution is 7.80. The molecule has 2 rings (SSSR count). The van der Waals surface area contributed by atoms with Crippen molar-refractivity contribution in [3.8, 4) is 0 Å². The van der Waals surface area contributed by atoms with Gasteiger partial charge in [-0.05, 0) is 56.2 Å². The number of nitrogens with one attached hydrogen (secondary N) is 4. The number of amides is 3. The highest BCUT2D eigenvalue weighted by Gasteiger charge is 2.21. The van der Waals surface area contributed by atoms with Crippen molar-refractivity contribution in [2.75, 3.05) is 11.9 Å². The molecule has 31 heavy (non-hydrogen) atoms. The Labute approximate surface area is 186 Å². The molecule has 1 saturated carbocycles. The molecule has 10 heteroatoms. The molecule has 1 aliphatic carbocycles. The summed E-state index contributed by atoms with van der Waals surface area (Å²) in [6.07, 6.45) is 5.04. The van der Waals surface area contributed by atoms with Crippen LogP contribution in [0.5, 0.6) is 0 Å². The van der Waals surface area contributed by atoms with Crippen LogP contribution in [0.1, 0.15) is 62.2 Å². The van der Waals surface area contributed by atoms with Gasteiger partial charge in [-0.25, -0.2) is 0 Å². The van der Waals surface area contributed by atoms with Crippen LogP contribution in [0.25, 0.3) is 0 Å². The van der Waals surface area contributed by atoms with Crippen LogP contribution in [0.15, 0.2) is 24.3 Å². The van der Waals surface area contributed by atoms with Crippen molar-refractivity contribution in [3.63, 3.8) is 0 Å². The standard InChI is InChI=1S/C21H28N4O5S/c1-2-30-18(27)13-12-17(26)23-21(31)25-24-20(29)15-8-10-16(11-9-15)22-19(28)14-6-4-3-5-7-14/h8-11,14H,2-7,12-13H2,1H3,(H,22,28)(H,24,29)(H2,23,25,26,31). The van der Waals surface area contributed by atoms with Crippen molar-refractivity contribution in [1.82, 2.24) is 16.2 Å². The van der Waals surface area contributed by atoms with Crippen molar-refractivity contribution < 1.29 is 23.9 Å². The van der Waals surface area contributed by atoms with Gasteiger partial charge in [-0.3, -0.25) is 30.0 Å². The van der Waals surface area contributed by atoms with Gasteiger partial charge >= 0.3 is 5.97 Å². The summed E-state index contributed by atoms with van der Waals surface area (Å²) in [5.41, 5.74) is 5.78. The van der Waals surface area contributed by atoms with E-state index in [1.807, 2.05) is 0 Å². The van der Waals surface area contributed by atoms with Gasteiger partial charge in [0.15, 0.2) is 5.11 Å². The Morgan fingerprint density at radius 2 is 1.68 bits per heavy atom. The first-order valence-electron chi connectivity index (χ1n) is 10.4. The molecule has 0 atom stereocenters. The average Bonchev–Trinajstić information content (AvgIpc) is 2.77. The van der Waals surface area contributed by atoms with Crippen molar-refractivity contribution >= 4 is 46.7 Å². The monoisotopic (exact) mass is 448 g/mol. The molecule has 1 aromatic carbocycles. The molecule has 0 saturated heterocycles. The number of carbonyl (C=O) groups excluding carboxylic acids is 4. The molecule has 0 spiro atoms. The number of carbonyl (C=O) groups is 4. The van der Waals surface area contributed by atoms with Gasteiger partial charge in [0.05, 0.1) is 13.0 Å². The van der Waals surface area contributed by atoms with E-state index >= 15 is 0 Å². The summed E-state index contributed by atoms with van der Waals surface area (Å²) in [5, 5.41) is 5.15. The van der Waals surface area contributed by atoms with Gasteiger partial charge in [0.25, 0.3) is 5.91 Å². The number of ether oxygens (including phenoxy) is 1. The summed E-state index contributed by atoms with van der Waals surface area (Å²) in [6, 6.07) is 6.47. The Balaban J connectivity index is 1.72. The first-order valence-corrected chi connectivity index (χ1v) is 10.8. The van der Waals surface area contributed by atoms with E-state index in [2.05, 4.69) is 21.5 Å². The lowest BCUT2D eigenvalue weighted by Crippen LogP contribution is -2.48. The van der Waals surface area contributed by atoms with E-state index in [1.165, 1.54) is 6.42 Å². The van der Waals surface area contributed by atoms with Gasteiger partial charge in [0.2, 0.25) is 11.8 Å². The summed E-state index contributed by atoms with van der Waals surface area (Å²) in [4.78, 5) is 47.5. The van der Waals surface area contributed by atoms with E-state index in [-0.39, 0.29) is 36.4 Å². The summed E-state index contributed by atoms with van der Waals surface area (Å²) >= 11 is 4.94. The van der Waals surface area contributed by atoms with E-state index in [4.69, 9.17) is 17.0 Å². The second kappa shape index (κ2) is 12.6. The minimum atomic E-state index is -0.474. The number of esters is 1. The van der Waals surface area contributed by atoms with E-state index in [0.717, 1.165) is 25.7 Å². The zero-order valence-corrected chi connectivity index (χ0v) is 18.3. The summed E-state index contributed by atoms with van der Waals surface area (Å²) in [5.74, 6) is -1.34. The second-order valence-electron chi connectivity index (χ2n) is 7.16. The molecule has 168 valence electrons.